The molecule has 5 nitrogen and oxygen atoms in total. The number of nitrogens with zero attached hydrogens (tertiary/aromatic N) is 1. The number of aryl methyl sites for hydroxylation is 2. The molecule has 3 aromatic rings. The molecule has 24 heavy (non-hydrogen) atoms. The predicted molar refractivity (Wildman–Crippen MR) is 93.4 cm³/mol. The number of hydrogen-bond acceptors (Lipinski definition) is 3. The van der Waals surface area contributed by atoms with Crippen LogP contribution < -0.4 is 5.69 Å². The molecule has 3 rings (SSSR count). The largest absolute Gasteiger partial charge is 0.462 e. The topological polar surface area (TPSA) is 64.1 Å². The van der Waals surface area contributed by atoms with Crippen LogP contribution in [0.1, 0.15) is 27.9 Å². The lowest BCUT2D eigenvalue weighted by Gasteiger charge is -2.09. The Hall–Kier alpha value is -2.82. The van der Waals surface area contributed by atoms with Crippen molar-refractivity contribution in [2.24, 2.45) is 0 Å². The highest BCUT2D eigenvalue weighted by Gasteiger charge is 2.11. The quantitative estimate of drug-likeness (QED) is 0.579. The minimum Gasteiger partial charge on any atom is -0.462 e. The smallest absolute Gasteiger partial charge is 0.338 e. The van der Waals surface area contributed by atoms with Crippen molar-refractivity contribution in [3.05, 3.63) is 69.6 Å². The number of carbonyl (C=O) groups excluding carboxylic acids is 1. The first kappa shape index (κ1) is 16.1. The number of esters is 1. The summed E-state index contributed by atoms with van der Waals surface area (Å²) in [5, 5.41) is 0. The third-order valence-corrected chi connectivity index (χ3v) is 4.27. The van der Waals surface area contributed by atoms with Crippen LogP contribution in [0, 0.1) is 13.8 Å². The lowest BCUT2D eigenvalue weighted by atomic mass is 10.0. The summed E-state index contributed by atoms with van der Waals surface area (Å²) in [6, 6.07) is 13.1. The van der Waals surface area contributed by atoms with Gasteiger partial charge in [0.15, 0.2) is 0 Å². The number of ether oxygens (including phenoxy) is 1. The van der Waals surface area contributed by atoms with E-state index in [0.717, 1.165) is 22.2 Å². The van der Waals surface area contributed by atoms with E-state index >= 15 is 0 Å². The number of carbonyl (C=O) groups is 1. The molecule has 0 bridgehead atoms. The number of benzene rings is 2. The van der Waals surface area contributed by atoms with Gasteiger partial charge >= 0.3 is 11.7 Å². The molecule has 0 amide bonds. The molecule has 5 heteroatoms. The maximum atomic E-state index is 12.2. The Kier molecular flexibility index (Phi) is 4.51. The summed E-state index contributed by atoms with van der Waals surface area (Å²) in [7, 11) is 0. The zero-order valence-electron chi connectivity index (χ0n) is 13.8. The van der Waals surface area contributed by atoms with Crippen molar-refractivity contribution < 1.29 is 9.53 Å². The molecule has 0 atom stereocenters. The number of aromatic amines is 1. The van der Waals surface area contributed by atoms with E-state index in [2.05, 4.69) is 4.98 Å². The van der Waals surface area contributed by atoms with Gasteiger partial charge in [0.25, 0.3) is 0 Å². The molecule has 0 saturated heterocycles. The third kappa shape index (κ3) is 3.11. The second-order valence-electron chi connectivity index (χ2n) is 5.84. The SMILES string of the molecule is Cc1cccc(C(=O)OCCCn2c(=O)[nH]c3ccccc32)c1C. The van der Waals surface area contributed by atoms with Crippen molar-refractivity contribution in [2.45, 2.75) is 26.8 Å². The van der Waals surface area contributed by atoms with Gasteiger partial charge in [0.05, 0.1) is 23.2 Å². The minimum absolute atomic E-state index is 0.142. The molecular weight excluding hydrogens is 304 g/mol. The predicted octanol–water partition coefficient (Wildman–Crippen LogP) is 3.19. The highest BCUT2D eigenvalue weighted by Crippen LogP contribution is 2.14. The fraction of sp³-hybridized carbons (Fsp3) is 0.263. The Bertz CT molecular complexity index is 937. The Morgan fingerprint density at radius 2 is 1.92 bits per heavy atom. The van der Waals surface area contributed by atoms with Gasteiger partial charge < -0.3 is 9.72 Å². The summed E-state index contributed by atoms with van der Waals surface area (Å²) in [6.07, 6.45) is 0.582. The summed E-state index contributed by atoms with van der Waals surface area (Å²) in [5.41, 5.74) is 4.14. The molecule has 1 N–H and O–H groups in total. The van der Waals surface area contributed by atoms with Crippen molar-refractivity contribution >= 4 is 17.0 Å². The van der Waals surface area contributed by atoms with E-state index in [-0.39, 0.29) is 18.3 Å². The van der Waals surface area contributed by atoms with E-state index < -0.39 is 0 Å². The molecule has 0 aliphatic heterocycles. The van der Waals surface area contributed by atoms with Crippen molar-refractivity contribution in [3.8, 4) is 0 Å². The van der Waals surface area contributed by atoms with E-state index in [4.69, 9.17) is 4.74 Å². The van der Waals surface area contributed by atoms with Crippen molar-refractivity contribution in [2.75, 3.05) is 6.61 Å². The average Bonchev–Trinajstić information content (AvgIpc) is 2.89. The molecule has 0 radical (unpaired) electrons. The molecule has 0 aliphatic rings. The summed E-state index contributed by atoms with van der Waals surface area (Å²) >= 11 is 0. The van der Waals surface area contributed by atoms with E-state index in [1.165, 1.54) is 0 Å². The molecule has 0 aliphatic carbocycles. The van der Waals surface area contributed by atoms with Gasteiger partial charge in [0, 0.05) is 6.54 Å². The molecule has 124 valence electrons. The molecular formula is C19H20N2O3. The Morgan fingerprint density at radius 3 is 2.75 bits per heavy atom. The fourth-order valence-corrected chi connectivity index (χ4v) is 2.77. The number of hydrogen-bond donors (Lipinski definition) is 1. The first-order valence-electron chi connectivity index (χ1n) is 7.99. The van der Waals surface area contributed by atoms with Crippen molar-refractivity contribution in [1.29, 1.82) is 0 Å². The number of imidazole rings is 1. The summed E-state index contributed by atoms with van der Waals surface area (Å²) in [4.78, 5) is 26.9. The Labute approximate surface area is 139 Å². The van der Waals surface area contributed by atoms with Crippen molar-refractivity contribution in [3.63, 3.8) is 0 Å². The fourth-order valence-electron chi connectivity index (χ4n) is 2.77. The van der Waals surface area contributed by atoms with Crippen LogP contribution >= 0.6 is 0 Å². The second kappa shape index (κ2) is 6.74. The van der Waals surface area contributed by atoms with Crippen molar-refractivity contribution in [1.82, 2.24) is 9.55 Å². The van der Waals surface area contributed by atoms with Gasteiger partial charge in [-0.2, -0.15) is 0 Å². The lowest BCUT2D eigenvalue weighted by molar-refractivity contribution is 0.0495. The van der Waals surface area contributed by atoms with Gasteiger partial charge in [0.2, 0.25) is 0 Å². The standard InChI is InChI=1S/C19H20N2O3/c1-13-7-5-8-15(14(13)2)18(22)24-12-6-11-21-17-10-4-3-9-16(17)20-19(21)23/h3-5,7-10H,6,11-12H2,1-2H3,(H,20,23). The second-order valence-corrected chi connectivity index (χ2v) is 5.84. The Balaban J connectivity index is 1.61. The van der Waals surface area contributed by atoms with Crippen LogP contribution in [0.5, 0.6) is 0 Å². The summed E-state index contributed by atoms with van der Waals surface area (Å²) in [5.74, 6) is -0.317. The van der Waals surface area contributed by atoms with Crippen LogP contribution in [0.2, 0.25) is 0 Å². The van der Waals surface area contributed by atoms with Crippen LogP contribution in [0.25, 0.3) is 11.0 Å². The zero-order valence-corrected chi connectivity index (χ0v) is 13.8. The van der Waals surface area contributed by atoms with E-state index in [9.17, 15) is 9.59 Å². The first-order chi connectivity index (χ1) is 11.6. The van der Waals surface area contributed by atoms with E-state index in [1.807, 2.05) is 50.2 Å². The number of H-pyrrole nitrogens is 1. The third-order valence-electron chi connectivity index (χ3n) is 4.27. The molecule has 2 aromatic carbocycles. The van der Waals surface area contributed by atoms with Gasteiger partial charge in [0.1, 0.15) is 0 Å². The van der Waals surface area contributed by atoms with Gasteiger partial charge in [-0.3, -0.25) is 4.57 Å². The lowest BCUT2D eigenvalue weighted by Crippen LogP contribution is -2.18. The normalized spacial score (nSPS) is 10.9. The Morgan fingerprint density at radius 1 is 1.12 bits per heavy atom. The number of aromatic nitrogens is 2. The highest BCUT2D eigenvalue weighted by atomic mass is 16.5. The van der Waals surface area contributed by atoms with E-state index in [0.29, 0.717) is 18.5 Å². The molecule has 0 spiro atoms. The van der Waals surface area contributed by atoms with Gasteiger partial charge in [-0.25, -0.2) is 9.59 Å². The number of nitrogens with one attached hydrogen (secondary N) is 1. The molecule has 0 fully saturated rings. The highest BCUT2D eigenvalue weighted by molar-refractivity contribution is 5.91. The van der Waals surface area contributed by atoms with Crippen LogP contribution in [0.4, 0.5) is 0 Å². The average molecular weight is 324 g/mol. The van der Waals surface area contributed by atoms with Crippen LogP contribution in [0.15, 0.2) is 47.3 Å². The minimum atomic E-state index is -0.317. The number of fused-ring (bicyclic) bond motifs is 1. The molecule has 1 heterocycles. The van der Waals surface area contributed by atoms with E-state index in [1.54, 1.807) is 10.6 Å². The molecule has 1 aromatic heterocycles. The van der Waals surface area contributed by atoms with Gasteiger partial charge in [-0.05, 0) is 49.6 Å². The van der Waals surface area contributed by atoms with Crippen LogP contribution in [0.3, 0.4) is 0 Å². The number of para-hydroxylation sites is 2. The summed E-state index contributed by atoms with van der Waals surface area (Å²) in [6.45, 7) is 4.66. The zero-order chi connectivity index (χ0) is 17.1. The number of rotatable bonds is 5. The van der Waals surface area contributed by atoms with Gasteiger partial charge in [-0.15, -0.1) is 0 Å². The van der Waals surface area contributed by atoms with Crippen LogP contribution in [-0.4, -0.2) is 22.1 Å². The monoisotopic (exact) mass is 324 g/mol. The maximum Gasteiger partial charge on any atom is 0.338 e. The molecule has 0 unspecified atom stereocenters. The first-order valence-corrected chi connectivity index (χ1v) is 7.99. The molecule has 0 saturated carbocycles. The van der Waals surface area contributed by atoms with Crippen LogP contribution in [-0.2, 0) is 11.3 Å². The maximum absolute atomic E-state index is 12.2. The van der Waals surface area contributed by atoms with Gasteiger partial charge in [-0.1, -0.05) is 24.3 Å². The summed E-state index contributed by atoms with van der Waals surface area (Å²) < 4.78 is 7.02.